The van der Waals surface area contributed by atoms with E-state index in [9.17, 15) is 4.79 Å². The minimum atomic E-state index is 0.0968. The lowest BCUT2D eigenvalue weighted by Crippen LogP contribution is -1.91. The Hall–Kier alpha value is -1.81. The molecule has 2 rings (SSSR count). The zero-order valence-electron chi connectivity index (χ0n) is 10.1. The van der Waals surface area contributed by atoms with Gasteiger partial charge in [0.15, 0.2) is 5.78 Å². The monoisotopic (exact) mass is 224 g/mol. The van der Waals surface area contributed by atoms with Crippen molar-refractivity contribution in [1.29, 1.82) is 0 Å². The Morgan fingerprint density at radius 2 is 1.88 bits per heavy atom. The van der Waals surface area contributed by atoms with Crippen LogP contribution in [0, 0.1) is 11.8 Å². The number of ketones is 1. The fourth-order valence-electron chi connectivity index (χ4n) is 1.89. The number of rotatable bonds is 1. The number of benzene rings is 1. The zero-order valence-corrected chi connectivity index (χ0v) is 10.1. The van der Waals surface area contributed by atoms with Crippen molar-refractivity contribution in [1.82, 2.24) is 0 Å². The summed E-state index contributed by atoms with van der Waals surface area (Å²) in [5.74, 6) is 6.46. The van der Waals surface area contributed by atoms with Crippen LogP contribution in [0.2, 0.25) is 0 Å². The van der Waals surface area contributed by atoms with E-state index in [1.165, 1.54) is 18.4 Å². The van der Waals surface area contributed by atoms with E-state index >= 15 is 0 Å². The molecule has 1 aliphatic rings. The Labute approximate surface area is 103 Å². The van der Waals surface area contributed by atoms with Gasteiger partial charge in [-0.25, -0.2) is 0 Å². The number of carbonyl (C=O) groups excluding carboxylic acids is 1. The first-order valence-corrected chi connectivity index (χ1v) is 6.08. The van der Waals surface area contributed by atoms with Crippen LogP contribution in [-0.2, 0) is 0 Å². The van der Waals surface area contributed by atoms with Gasteiger partial charge < -0.3 is 0 Å². The van der Waals surface area contributed by atoms with E-state index in [4.69, 9.17) is 0 Å². The van der Waals surface area contributed by atoms with Gasteiger partial charge in [-0.15, -0.1) is 0 Å². The summed E-state index contributed by atoms with van der Waals surface area (Å²) in [7, 11) is 0. The van der Waals surface area contributed by atoms with Gasteiger partial charge >= 0.3 is 0 Å². The van der Waals surface area contributed by atoms with Crippen LogP contribution in [0.3, 0.4) is 0 Å². The van der Waals surface area contributed by atoms with Gasteiger partial charge in [0.25, 0.3) is 0 Å². The summed E-state index contributed by atoms with van der Waals surface area (Å²) in [6.07, 6.45) is 7.05. The van der Waals surface area contributed by atoms with E-state index in [0.717, 1.165) is 24.0 Å². The molecule has 1 heteroatoms. The van der Waals surface area contributed by atoms with Crippen LogP contribution < -0.4 is 0 Å². The topological polar surface area (TPSA) is 17.1 Å². The van der Waals surface area contributed by atoms with Crippen molar-refractivity contribution in [2.45, 2.75) is 32.6 Å². The Morgan fingerprint density at radius 3 is 2.47 bits per heavy atom. The molecule has 0 N–H and O–H groups in total. The number of hydrogen-bond donors (Lipinski definition) is 0. The molecule has 0 fully saturated rings. The average Bonchev–Trinajstić information content (AvgIpc) is 2.38. The molecular formula is C16H16O. The molecule has 86 valence electrons. The van der Waals surface area contributed by atoms with E-state index in [2.05, 4.69) is 17.9 Å². The van der Waals surface area contributed by atoms with Crippen LogP contribution in [0.25, 0.3) is 0 Å². The van der Waals surface area contributed by atoms with Crippen molar-refractivity contribution in [3.8, 4) is 11.8 Å². The minimum absolute atomic E-state index is 0.0968. The van der Waals surface area contributed by atoms with Crippen molar-refractivity contribution < 1.29 is 4.79 Å². The summed E-state index contributed by atoms with van der Waals surface area (Å²) in [5.41, 5.74) is 2.97. The molecular weight excluding hydrogens is 208 g/mol. The van der Waals surface area contributed by atoms with Crippen molar-refractivity contribution in [2.75, 3.05) is 0 Å². The number of hydrogen-bond acceptors (Lipinski definition) is 1. The fraction of sp³-hybridized carbons (Fsp3) is 0.312. The Morgan fingerprint density at radius 1 is 1.12 bits per heavy atom. The number of carbonyl (C=O) groups is 1. The second kappa shape index (κ2) is 5.50. The molecule has 0 unspecified atom stereocenters. The molecule has 1 aromatic rings. The van der Waals surface area contributed by atoms with Crippen LogP contribution in [0.1, 0.15) is 48.5 Å². The zero-order chi connectivity index (χ0) is 12.1. The predicted molar refractivity (Wildman–Crippen MR) is 69.9 cm³/mol. The Balaban J connectivity index is 2.11. The third-order valence-electron chi connectivity index (χ3n) is 2.95. The normalized spacial score (nSPS) is 14.5. The lowest BCUT2D eigenvalue weighted by atomic mass is 10.00. The SMILES string of the molecule is CC(=O)c1ccc(C#CC2=CCCCC2)cc1. The maximum atomic E-state index is 11.1. The van der Waals surface area contributed by atoms with Crippen molar-refractivity contribution in [3.05, 3.63) is 47.0 Å². The Kier molecular flexibility index (Phi) is 3.77. The molecule has 1 aromatic carbocycles. The highest BCUT2D eigenvalue weighted by Gasteiger charge is 2.00. The molecule has 0 bridgehead atoms. The van der Waals surface area contributed by atoms with E-state index in [1.54, 1.807) is 6.92 Å². The molecule has 17 heavy (non-hydrogen) atoms. The summed E-state index contributed by atoms with van der Waals surface area (Å²) >= 11 is 0. The number of allylic oxidation sites excluding steroid dienone is 2. The minimum Gasteiger partial charge on any atom is -0.295 e. The van der Waals surface area contributed by atoms with Crippen LogP contribution in [0.4, 0.5) is 0 Å². The molecule has 0 radical (unpaired) electrons. The maximum Gasteiger partial charge on any atom is 0.159 e. The first-order valence-electron chi connectivity index (χ1n) is 6.08. The highest BCUT2D eigenvalue weighted by atomic mass is 16.1. The van der Waals surface area contributed by atoms with Gasteiger partial charge in [-0.2, -0.15) is 0 Å². The van der Waals surface area contributed by atoms with Gasteiger partial charge in [-0.05, 0) is 50.3 Å². The molecule has 0 atom stereocenters. The van der Waals surface area contributed by atoms with E-state index in [0.29, 0.717) is 0 Å². The Bertz CT molecular complexity index is 495. The second-order valence-electron chi connectivity index (χ2n) is 4.36. The van der Waals surface area contributed by atoms with Crippen LogP contribution >= 0.6 is 0 Å². The van der Waals surface area contributed by atoms with E-state index < -0.39 is 0 Å². The van der Waals surface area contributed by atoms with Crippen LogP contribution in [0.15, 0.2) is 35.9 Å². The largest absolute Gasteiger partial charge is 0.295 e. The van der Waals surface area contributed by atoms with Gasteiger partial charge in [-0.3, -0.25) is 4.79 Å². The van der Waals surface area contributed by atoms with E-state index in [1.807, 2.05) is 24.3 Å². The lowest BCUT2D eigenvalue weighted by Gasteiger charge is -2.05. The van der Waals surface area contributed by atoms with Gasteiger partial charge in [0.1, 0.15) is 0 Å². The molecule has 0 saturated heterocycles. The highest BCUT2D eigenvalue weighted by molar-refractivity contribution is 5.94. The third-order valence-corrected chi connectivity index (χ3v) is 2.95. The summed E-state index contributed by atoms with van der Waals surface area (Å²) in [6, 6.07) is 7.49. The fourth-order valence-corrected chi connectivity index (χ4v) is 1.89. The van der Waals surface area contributed by atoms with Gasteiger partial charge in [0.2, 0.25) is 0 Å². The first-order chi connectivity index (χ1) is 8.25. The summed E-state index contributed by atoms with van der Waals surface area (Å²) in [4.78, 5) is 11.1. The van der Waals surface area contributed by atoms with Crippen LogP contribution in [0.5, 0.6) is 0 Å². The predicted octanol–water partition coefficient (Wildman–Crippen LogP) is 3.74. The molecule has 1 nitrogen and oxygen atoms in total. The third kappa shape index (κ3) is 3.32. The van der Waals surface area contributed by atoms with Gasteiger partial charge in [-0.1, -0.05) is 30.0 Å². The molecule has 0 aromatic heterocycles. The molecule has 0 saturated carbocycles. The highest BCUT2D eigenvalue weighted by Crippen LogP contribution is 2.16. The molecule has 0 spiro atoms. The van der Waals surface area contributed by atoms with Gasteiger partial charge in [0.05, 0.1) is 0 Å². The standard InChI is InChI=1S/C16H16O/c1-13(17)16-11-9-15(10-12-16)8-7-14-5-3-2-4-6-14/h5,9-12H,2-4,6H2,1H3. The summed E-state index contributed by atoms with van der Waals surface area (Å²) in [6.45, 7) is 1.58. The second-order valence-corrected chi connectivity index (χ2v) is 4.36. The molecule has 0 heterocycles. The number of Topliss-reactive ketones (excluding diaryl/α,β-unsaturated/α-hetero) is 1. The smallest absolute Gasteiger partial charge is 0.159 e. The molecule has 0 amide bonds. The van der Waals surface area contributed by atoms with Crippen molar-refractivity contribution >= 4 is 5.78 Å². The average molecular weight is 224 g/mol. The summed E-state index contributed by atoms with van der Waals surface area (Å²) in [5, 5.41) is 0. The van der Waals surface area contributed by atoms with Crippen molar-refractivity contribution in [3.63, 3.8) is 0 Å². The van der Waals surface area contributed by atoms with E-state index in [-0.39, 0.29) is 5.78 Å². The molecule has 0 aliphatic heterocycles. The summed E-state index contributed by atoms with van der Waals surface area (Å²) < 4.78 is 0. The quantitative estimate of drug-likeness (QED) is 0.524. The lowest BCUT2D eigenvalue weighted by molar-refractivity contribution is 0.101. The first kappa shape index (κ1) is 11.7. The maximum absolute atomic E-state index is 11.1. The van der Waals surface area contributed by atoms with Crippen LogP contribution in [-0.4, -0.2) is 5.78 Å². The van der Waals surface area contributed by atoms with Gasteiger partial charge in [0, 0.05) is 11.1 Å². The van der Waals surface area contributed by atoms with Crippen molar-refractivity contribution in [2.24, 2.45) is 0 Å². The molecule has 1 aliphatic carbocycles.